The highest BCUT2D eigenvalue weighted by Gasteiger charge is 2.47. The first kappa shape index (κ1) is 11.4. The van der Waals surface area contributed by atoms with Crippen LogP contribution in [0.2, 0.25) is 0 Å². The minimum Gasteiger partial charge on any atom is -0.377 e. The summed E-state index contributed by atoms with van der Waals surface area (Å²) in [7, 11) is 4.00. The van der Waals surface area contributed by atoms with Crippen molar-refractivity contribution in [3.8, 4) is 0 Å². The van der Waals surface area contributed by atoms with Crippen LogP contribution in [-0.2, 0) is 4.74 Å². The molecule has 0 aromatic rings. The molecule has 0 radical (unpaired) electrons. The van der Waals surface area contributed by atoms with Crippen molar-refractivity contribution >= 4 is 0 Å². The van der Waals surface area contributed by atoms with Gasteiger partial charge in [0.15, 0.2) is 0 Å². The molecule has 0 bridgehead atoms. The largest absolute Gasteiger partial charge is 0.377 e. The van der Waals surface area contributed by atoms with Gasteiger partial charge in [-0.1, -0.05) is 6.92 Å². The fourth-order valence-electron chi connectivity index (χ4n) is 3.25. The van der Waals surface area contributed by atoms with E-state index in [-0.39, 0.29) is 5.60 Å². The minimum absolute atomic E-state index is 0.141. The fourth-order valence-corrected chi connectivity index (χ4v) is 3.25. The summed E-state index contributed by atoms with van der Waals surface area (Å²) in [4.78, 5) is 0. The minimum atomic E-state index is 0.141. The van der Waals surface area contributed by atoms with Gasteiger partial charge in [-0.3, -0.25) is 0 Å². The van der Waals surface area contributed by atoms with Crippen molar-refractivity contribution in [2.75, 3.05) is 14.2 Å². The van der Waals surface area contributed by atoms with Crippen molar-refractivity contribution in [2.24, 2.45) is 11.8 Å². The maximum absolute atomic E-state index is 5.92. The van der Waals surface area contributed by atoms with Crippen LogP contribution < -0.4 is 5.32 Å². The Morgan fingerprint density at radius 2 is 1.80 bits per heavy atom. The zero-order valence-corrected chi connectivity index (χ0v) is 10.4. The number of likely N-dealkylation sites (N-methyl/N-ethyl adjacent to an activating group) is 1. The summed E-state index contributed by atoms with van der Waals surface area (Å²) < 4.78 is 5.92. The average Bonchev–Trinajstić information content (AvgIpc) is 3.07. The second kappa shape index (κ2) is 4.42. The Hall–Kier alpha value is -0.0800. The SMILES string of the molecule is CNC(C1CC1)C1(OC)CCC(C)CC1. The molecule has 2 rings (SSSR count). The molecular formula is C13H25NO. The van der Waals surface area contributed by atoms with E-state index in [1.165, 1.54) is 38.5 Å². The molecule has 0 amide bonds. The third kappa shape index (κ3) is 2.21. The number of rotatable bonds is 4. The molecule has 2 nitrogen and oxygen atoms in total. The van der Waals surface area contributed by atoms with Gasteiger partial charge in [0.2, 0.25) is 0 Å². The number of ether oxygens (including phenoxy) is 1. The molecule has 0 aliphatic heterocycles. The number of hydrogen-bond acceptors (Lipinski definition) is 2. The highest BCUT2D eigenvalue weighted by atomic mass is 16.5. The molecule has 1 atom stereocenters. The van der Waals surface area contributed by atoms with Crippen molar-refractivity contribution in [3.05, 3.63) is 0 Å². The molecule has 2 aliphatic carbocycles. The number of methoxy groups -OCH3 is 1. The zero-order valence-electron chi connectivity index (χ0n) is 10.4. The molecule has 0 heterocycles. The lowest BCUT2D eigenvalue weighted by atomic mass is 9.74. The molecule has 1 unspecified atom stereocenters. The van der Waals surface area contributed by atoms with Crippen LogP contribution in [0.25, 0.3) is 0 Å². The summed E-state index contributed by atoms with van der Waals surface area (Å²) in [6, 6.07) is 0.593. The summed E-state index contributed by atoms with van der Waals surface area (Å²) in [5, 5.41) is 3.52. The van der Waals surface area contributed by atoms with Gasteiger partial charge < -0.3 is 10.1 Å². The third-order valence-corrected chi connectivity index (χ3v) is 4.50. The quantitative estimate of drug-likeness (QED) is 0.771. The van der Waals surface area contributed by atoms with Crippen LogP contribution in [0.1, 0.15) is 45.4 Å². The molecule has 2 heteroatoms. The topological polar surface area (TPSA) is 21.3 Å². The van der Waals surface area contributed by atoms with Crippen LogP contribution in [0.15, 0.2) is 0 Å². The first-order valence-corrected chi connectivity index (χ1v) is 6.44. The Balaban J connectivity index is 2.05. The van der Waals surface area contributed by atoms with E-state index in [2.05, 4.69) is 19.3 Å². The molecule has 2 aliphatic rings. The van der Waals surface area contributed by atoms with Crippen molar-refractivity contribution in [3.63, 3.8) is 0 Å². The van der Waals surface area contributed by atoms with E-state index in [0.717, 1.165) is 11.8 Å². The Kier molecular flexibility index (Phi) is 3.36. The standard InChI is InChI=1S/C13H25NO/c1-10-6-8-13(15-3,9-7-10)12(14-2)11-4-5-11/h10-12,14H,4-9H2,1-3H3. The summed E-state index contributed by atoms with van der Waals surface area (Å²) >= 11 is 0. The molecule has 88 valence electrons. The Morgan fingerprint density at radius 3 is 2.20 bits per heavy atom. The van der Waals surface area contributed by atoms with Gasteiger partial charge in [0.05, 0.1) is 5.60 Å². The van der Waals surface area contributed by atoms with Crippen molar-refractivity contribution < 1.29 is 4.74 Å². The molecule has 0 aromatic carbocycles. The summed E-state index contributed by atoms with van der Waals surface area (Å²) in [5.41, 5.74) is 0.141. The average molecular weight is 211 g/mol. The van der Waals surface area contributed by atoms with Gasteiger partial charge in [-0.25, -0.2) is 0 Å². The summed E-state index contributed by atoms with van der Waals surface area (Å²) in [6.45, 7) is 2.37. The van der Waals surface area contributed by atoms with Crippen LogP contribution in [0.4, 0.5) is 0 Å². The molecule has 2 fully saturated rings. The van der Waals surface area contributed by atoms with Crippen LogP contribution in [0.5, 0.6) is 0 Å². The predicted molar refractivity (Wildman–Crippen MR) is 62.9 cm³/mol. The van der Waals surface area contributed by atoms with E-state index < -0.39 is 0 Å². The third-order valence-electron chi connectivity index (χ3n) is 4.50. The van der Waals surface area contributed by atoms with Gasteiger partial charge in [-0.2, -0.15) is 0 Å². The molecular weight excluding hydrogens is 186 g/mol. The summed E-state index contributed by atoms with van der Waals surface area (Å²) in [5.74, 6) is 1.77. The van der Waals surface area contributed by atoms with Gasteiger partial charge in [0.1, 0.15) is 0 Å². The Labute approximate surface area is 93.8 Å². The lowest BCUT2D eigenvalue weighted by molar-refractivity contribution is -0.0782. The first-order valence-electron chi connectivity index (χ1n) is 6.44. The normalized spacial score (nSPS) is 39.0. The second-order valence-electron chi connectivity index (χ2n) is 5.56. The maximum atomic E-state index is 5.92. The van der Waals surface area contributed by atoms with E-state index in [9.17, 15) is 0 Å². The highest BCUT2D eigenvalue weighted by molar-refractivity contribution is 5.02. The number of nitrogens with one attached hydrogen (secondary N) is 1. The lowest BCUT2D eigenvalue weighted by Crippen LogP contribution is -2.54. The van der Waals surface area contributed by atoms with E-state index in [1.807, 2.05) is 7.11 Å². The highest BCUT2D eigenvalue weighted by Crippen LogP contribution is 2.45. The van der Waals surface area contributed by atoms with Crippen molar-refractivity contribution in [2.45, 2.75) is 57.1 Å². The number of hydrogen-bond donors (Lipinski definition) is 1. The van der Waals surface area contributed by atoms with Gasteiger partial charge >= 0.3 is 0 Å². The molecule has 0 saturated heterocycles. The van der Waals surface area contributed by atoms with E-state index >= 15 is 0 Å². The Morgan fingerprint density at radius 1 is 1.20 bits per heavy atom. The Bertz CT molecular complexity index is 205. The van der Waals surface area contributed by atoms with E-state index in [1.54, 1.807) is 0 Å². The van der Waals surface area contributed by atoms with Crippen LogP contribution >= 0.6 is 0 Å². The van der Waals surface area contributed by atoms with Gasteiger partial charge in [0, 0.05) is 13.2 Å². The van der Waals surface area contributed by atoms with Gasteiger partial charge in [0.25, 0.3) is 0 Å². The molecule has 2 saturated carbocycles. The predicted octanol–water partition coefficient (Wildman–Crippen LogP) is 2.58. The summed E-state index contributed by atoms with van der Waals surface area (Å²) in [6.07, 6.45) is 7.94. The molecule has 1 N–H and O–H groups in total. The molecule has 0 spiro atoms. The smallest absolute Gasteiger partial charge is 0.0833 e. The first-order chi connectivity index (χ1) is 7.22. The monoisotopic (exact) mass is 211 g/mol. The van der Waals surface area contributed by atoms with E-state index in [4.69, 9.17) is 4.74 Å². The molecule has 0 aromatic heterocycles. The lowest BCUT2D eigenvalue weighted by Gasteiger charge is -2.44. The maximum Gasteiger partial charge on any atom is 0.0833 e. The van der Waals surface area contributed by atoms with Gasteiger partial charge in [-0.05, 0) is 57.4 Å². The van der Waals surface area contributed by atoms with Crippen LogP contribution in [-0.4, -0.2) is 25.8 Å². The fraction of sp³-hybridized carbons (Fsp3) is 1.00. The van der Waals surface area contributed by atoms with E-state index in [0.29, 0.717) is 6.04 Å². The van der Waals surface area contributed by atoms with Crippen LogP contribution in [0, 0.1) is 11.8 Å². The van der Waals surface area contributed by atoms with Crippen molar-refractivity contribution in [1.82, 2.24) is 5.32 Å². The van der Waals surface area contributed by atoms with Crippen molar-refractivity contribution in [1.29, 1.82) is 0 Å². The second-order valence-corrected chi connectivity index (χ2v) is 5.56. The van der Waals surface area contributed by atoms with Gasteiger partial charge in [-0.15, -0.1) is 0 Å². The van der Waals surface area contributed by atoms with Crippen LogP contribution in [0.3, 0.4) is 0 Å². The zero-order chi connectivity index (χ0) is 10.9. The molecule has 15 heavy (non-hydrogen) atoms.